The first kappa shape index (κ1) is 29.5. The van der Waals surface area contributed by atoms with Crippen LogP contribution >= 0.6 is 0 Å². The van der Waals surface area contributed by atoms with Crippen molar-refractivity contribution in [1.29, 1.82) is 0 Å². The molecule has 0 saturated heterocycles. The van der Waals surface area contributed by atoms with Gasteiger partial charge in [0, 0.05) is 0 Å². The molecule has 0 spiro atoms. The molecule has 25 heavy (non-hydrogen) atoms. The van der Waals surface area contributed by atoms with E-state index in [2.05, 4.69) is 46.8 Å². The maximum Gasteiger partial charge on any atom is -0.0207 e. The van der Waals surface area contributed by atoms with Crippen molar-refractivity contribution in [2.75, 3.05) is 0 Å². The fourth-order valence-electron chi connectivity index (χ4n) is 3.91. The third-order valence-corrected chi connectivity index (χ3v) is 5.54. The van der Waals surface area contributed by atoms with Crippen molar-refractivity contribution in [1.82, 2.24) is 0 Å². The van der Waals surface area contributed by atoms with E-state index in [1.54, 1.807) is 0 Å². The quantitative estimate of drug-likeness (QED) is 0.361. The molecule has 1 rings (SSSR count). The summed E-state index contributed by atoms with van der Waals surface area (Å²) in [6.07, 6.45) is 16.3. The molecule has 0 aliphatic heterocycles. The van der Waals surface area contributed by atoms with Crippen LogP contribution in [0.1, 0.15) is 121 Å². The Morgan fingerprint density at radius 3 is 1.96 bits per heavy atom. The molecular weight excluding hydrogens is 300 g/mol. The van der Waals surface area contributed by atoms with Gasteiger partial charge in [0.25, 0.3) is 0 Å². The summed E-state index contributed by atoms with van der Waals surface area (Å²) in [5.41, 5.74) is 0. The maximum absolute atomic E-state index is 2.56. The van der Waals surface area contributed by atoms with Crippen LogP contribution in [0.5, 0.6) is 0 Å². The Kier molecular flexibility index (Phi) is 23.7. The molecule has 154 valence electrons. The highest BCUT2D eigenvalue weighted by atomic mass is 14.3. The van der Waals surface area contributed by atoms with Gasteiger partial charge in [0.1, 0.15) is 0 Å². The van der Waals surface area contributed by atoms with Crippen molar-refractivity contribution in [3.05, 3.63) is 12.2 Å². The average molecular weight is 355 g/mol. The molecule has 1 aliphatic carbocycles. The van der Waals surface area contributed by atoms with Gasteiger partial charge >= 0.3 is 0 Å². The third kappa shape index (κ3) is 13.6. The van der Waals surface area contributed by atoms with E-state index >= 15 is 0 Å². The molecule has 1 aliphatic rings. The van der Waals surface area contributed by atoms with Gasteiger partial charge in [-0.05, 0) is 48.9 Å². The summed E-state index contributed by atoms with van der Waals surface area (Å²) in [7, 11) is 0. The van der Waals surface area contributed by atoms with Crippen molar-refractivity contribution in [2.24, 2.45) is 29.6 Å². The van der Waals surface area contributed by atoms with E-state index in [4.69, 9.17) is 0 Å². The lowest BCUT2D eigenvalue weighted by Crippen LogP contribution is -2.19. The normalized spacial score (nSPS) is 22.9. The summed E-state index contributed by atoms with van der Waals surface area (Å²) in [5, 5.41) is 0. The van der Waals surface area contributed by atoms with Gasteiger partial charge in [-0.15, -0.1) is 0 Å². The molecule has 4 atom stereocenters. The molecule has 0 nitrogen and oxygen atoms in total. The summed E-state index contributed by atoms with van der Waals surface area (Å²) in [6.45, 7) is 19.9. The molecule has 4 unspecified atom stereocenters. The number of rotatable bonds is 9. The van der Waals surface area contributed by atoms with Crippen LogP contribution in [-0.2, 0) is 0 Å². The van der Waals surface area contributed by atoms with Crippen LogP contribution in [0.2, 0.25) is 0 Å². The zero-order valence-corrected chi connectivity index (χ0v) is 18.7. The highest BCUT2D eigenvalue weighted by Gasteiger charge is 2.22. The summed E-state index contributed by atoms with van der Waals surface area (Å²) >= 11 is 0. The summed E-state index contributed by atoms with van der Waals surface area (Å²) in [4.78, 5) is 0. The van der Waals surface area contributed by atoms with Gasteiger partial charge in [-0.2, -0.15) is 0 Å². The summed E-state index contributed by atoms with van der Waals surface area (Å²) in [6, 6.07) is 0. The Labute approximate surface area is 163 Å². The highest BCUT2D eigenvalue weighted by Crippen LogP contribution is 2.34. The van der Waals surface area contributed by atoms with Crippen LogP contribution in [0.4, 0.5) is 0 Å². The van der Waals surface area contributed by atoms with Crippen molar-refractivity contribution < 1.29 is 0 Å². The molecule has 0 amide bonds. The Hall–Kier alpha value is -0.260. The topological polar surface area (TPSA) is 0 Å². The summed E-state index contributed by atoms with van der Waals surface area (Å²) in [5.74, 6) is 4.44. The first-order chi connectivity index (χ1) is 11.6. The maximum atomic E-state index is 2.56. The van der Waals surface area contributed by atoms with Crippen LogP contribution in [0, 0.1) is 29.6 Å². The zero-order chi connectivity index (χ0) is 19.0. The van der Waals surface area contributed by atoms with Crippen molar-refractivity contribution in [2.45, 2.75) is 121 Å². The minimum Gasteiger partial charge on any atom is -0.0851 e. The largest absolute Gasteiger partial charge is 0.0851 e. The molecule has 0 heteroatoms. The van der Waals surface area contributed by atoms with Gasteiger partial charge in [0.05, 0.1) is 0 Å². The van der Waals surface area contributed by atoms with Gasteiger partial charge in [-0.25, -0.2) is 0 Å². The highest BCUT2D eigenvalue weighted by molar-refractivity contribution is 5.00. The predicted molar refractivity (Wildman–Crippen MR) is 121 cm³/mol. The zero-order valence-electron chi connectivity index (χ0n) is 18.7. The van der Waals surface area contributed by atoms with E-state index < -0.39 is 0 Å². The lowest BCUT2D eigenvalue weighted by molar-refractivity contribution is 0.281. The number of hydrogen-bond acceptors (Lipinski definition) is 0. The second kappa shape index (κ2) is 20.1. The van der Waals surface area contributed by atoms with E-state index in [-0.39, 0.29) is 7.43 Å². The first-order valence-electron chi connectivity index (χ1n) is 11.3. The van der Waals surface area contributed by atoms with Gasteiger partial charge in [-0.3, -0.25) is 0 Å². The summed E-state index contributed by atoms with van der Waals surface area (Å²) < 4.78 is 0. The molecule has 0 bridgehead atoms. The minimum atomic E-state index is 0. The Morgan fingerprint density at radius 1 is 0.920 bits per heavy atom. The van der Waals surface area contributed by atoms with E-state index in [9.17, 15) is 0 Å². The van der Waals surface area contributed by atoms with Crippen molar-refractivity contribution in [3.8, 4) is 0 Å². The van der Waals surface area contributed by atoms with Gasteiger partial charge in [0.15, 0.2) is 0 Å². The Balaban J connectivity index is -0.000000899. The predicted octanol–water partition coefficient (Wildman–Crippen LogP) is 9.55. The van der Waals surface area contributed by atoms with Crippen LogP contribution in [-0.4, -0.2) is 0 Å². The first-order valence-corrected chi connectivity index (χ1v) is 11.3. The van der Waals surface area contributed by atoms with Crippen molar-refractivity contribution in [3.63, 3.8) is 0 Å². The number of allylic oxidation sites excluding steroid dienone is 2. The van der Waals surface area contributed by atoms with E-state index in [1.165, 1.54) is 51.4 Å². The second-order valence-electron chi connectivity index (χ2n) is 7.51. The molecule has 0 aromatic carbocycles. The van der Waals surface area contributed by atoms with Gasteiger partial charge in [-0.1, -0.05) is 114 Å². The third-order valence-electron chi connectivity index (χ3n) is 5.54. The van der Waals surface area contributed by atoms with Crippen molar-refractivity contribution >= 4 is 0 Å². The molecule has 0 aromatic heterocycles. The minimum absolute atomic E-state index is 0. The lowest BCUT2D eigenvalue weighted by Gasteiger charge is -2.30. The average Bonchev–Trinajstić information content (AvgIpc) is 2.61. The lowest BCUT2D eigenvalue weighted by atomic mass is 9.76. The molecular formula is C25H54. The Morgan fingerprint density at radius 2 is 1.52 bits per heavy atom. The van der Waals surface area contributed by atoms with E-state index in [1.807, 2.05) is 27.7 Å². The molecule has 0 heterocycles. The fourth-order valence-corrected chi connectivity index (χ4v) is 3.91. The second-order valence-corrected chi connectivity index (χ2v) is 7.51. The fraction of sp³-hybridized carbons (Fsp3) is 0.920. The van der Waals surface area contributed by atoms with Gasteiger partial charge < -0.3 is 0 Å². The monoisotopic (exact) mass is 354 g/mol. The number of unbranched alkanes of at least 4 members (excludes halogenated alkanes) is 1. The van der Waals surface area contributed by atoms with Crippen LogP contribution < -0.4 is 0 Å². The standard InChI is InChI=1S/C20H38.2C2H6.CH4/c1-6-8-10-18-13-14-20(17(5)15-18)12-9-11-19(7-2)16(3)4;2*1-2;/h13-14,16-20H,6-12,15H2,1-5H3;2*1-2H3;1H4. The van der Waals surface area contributed by atoms with Crippen LogP contribution in [0.25, 0.3) is 0 Å². The SMILES string of the molecule is C.CC.CC.CCCCC1C=CC(CCCC(CC)C(C)C)C(C)C1. The van der Waals surface area contributed by atoms with E-state index in [0.29, 0.717) is 0 Å². The molecule has 0 radical (unpaired) electrons. The van der Waals surface area contributed by atoms with E-state index in [0.717, 1.165) is 29.6 Å². The van der Waals surface area contributed by atoms with Crippen LogP contribution in [0.15, 0.2) is 12.2 Å². The Bertz CT molecular complexity index is 263. The molecule has 0 fully saturated rings. The van der Waals surface area contributed by atoms with Crippen LogP contribution in [0.3, 0.4) is 0 Å². The molecule has 0 aromatic rings. The van der Waals surface area contributed by atoms with Gasteiger partial charge in [0.2, 0.25) is 0 Å². The smallest absolute Gasteiger partial charge is 0.0207 e. The number of hydrogen-bond donors (Lipinski definition) is 0. The molecule has 0 saturated carbocycles. The molecule has 0 N–H and O–H groups in total.